The summed E-state index contributed by atoms with van der Waals surface area (Å²) in [6.45, 7) is 2.27. The van der Waals surface area contributed by atoms with Crippen LogP contribution in [0.1, 0.15) is 35.3 Å². The predicted octanol–water partition coefficient (Wildman–Crippen LogP) is 2.13. The van der Waals surface area contributed by atoms with Gasteiger partial charge in [0.1, 0.15) is 5.01 Å². The van der Waals surface area contributed by atoms with E-state index in [1.807, 2.05) is 6.92 Å². The Morgan fingerprint density at radius 1 is 1.47 bits per heavy atom. The Morgan fingerprint density at radius 3 is 3.00 bits per heavy atom. The second kappa shape index (κ2) is 4.75. The predicted molar refractivity (Wildman–Crippen MR) is 59.1 cm³/mol. The lowest BCUT2D eigenvalue weighted by Crippen LogP contribution is -2.07. The zero-order valence-corrected chi connectivity index (χ0v) is 9.73. The minimum absolute atomic E-state index is 0.163. The van der Waals surface area contributed by atoms with Crippen LogP contribution in [0.15, 0.2) is 0 Å². The first-order chi connectivity index (χ1) is 7.29. The Balaban J connectivity index is 2.03. The van der Waals surface area contributed by atoms with Crippen molar-refractivity contribution in [1.82, 2.24) is 4.98 Å². The highest BCUT2D eigenvalue weighted by molar-refractivity contribution is 7.11. The van der Waals surface area contributed by atoms with E-state index in [0.717, 1.165) is 17.8 Å². The molecule has 1 aromatic heterocycles. The van der Waals surface area contributed by atoms with Crippen LogP contribution in [0, 0.1) is 0 Å². The summed E-state index contributed by atoms with van der Waals surface area (Å²) in [5.74, 6) is -0.163. The van der Waals surface area contributed by atoms with Gasteiger partial charge in [-0.3, -0.25) is 4.79 Å². The number of ether oxygens (including phenoxy) is 1. The van der Waals surface area contributed by atoms with E-state index >= 15 is 0 Å². The van der Waals surface area contributed by atoms with E-state index in [0.29, 0.717) is 13.0 Å². The summed E-state index contributed by atoms with van der Waals surface area (Å²) >= 11 is 1.68. The van der Waals surface area contributed by atoms with E-state index < -0.39 is 0 Å². The molecule has 0 unspecified atom stereocenters. The lowest BCUT2D eigenvalue weighted by Gasteiger charge is -2.06. The number of thiazole rings is 1. The highest BCUT2D eigenvalue weighted by atomic mass is 32.1. The van der Waals surface area contributed by atoms with Crippen molar-refractivity contribution in [3.8, 4) is 0 Å². The summed E-state index contributed by atoms with van der Waals surface area (Å²) in [7, 11) is 0. The number of hydrogen-bond donors (Lipinski definition) is 0. The molecule has 0 aliphatic heterocycles. The molecule has 0 aromatic carbocycles. The summed E-state index contributed by atoms with van der Waals surface area (Å²) in [6.07, 6.45) is 5.04. The zero-order chi connectivity index (χ0) is 10.7. The van der Waals surface area contributed by atoms with Crippen molar-refractivity contribution in [1.29, 1.82) is 0 Å². The van der Waals surface area contributed by atoms with Crippen molar-refractivity contribution in [2.45, 2.75) is 39.0 Å². The highest BCUT2D eigenvalue weighted by Gasteiger charge is 2.16. The molecule has 15 heavy (non-hydrogen) atoms. The molecule has 1 aliphatic carbocycles. The molecule has 0 saturated heterocycles. The number of carbonyl (C=O) groups excluding carboxylic acids is 1. The van der Waals surface area contributed by atoms with Crippen molar-refractivity contribution in [2.24, 2.45) is 0 Å². The summed E-state index contributed by atoms with van der Waals surface area (Å²) in [4.78, 5) is 17.1. The third kappa shape index (κ3) is 2.56. The van der Waals surface area contributed by atoms with Crippen LogP contribution < -0.4 is 0 Å². The number of esters is 1. The molecule has 2 rings (SSSR count). The van der Waals surface area contributed by atoms with Crippen molar-refractivity contribution >= 4 is 17.3 Å². The Bertz CT molecular complexity index is 336. The van der Waals surface area contributed by atoms with E-state index in [1.165, 1.54) is 23.4 Å². The van der Waals surface area contributed by atoms with Gasteiger partial charge in [-0.1, -0.05) is 0 Å². The number of fused-ring (bicyclic) bond motifs is 1. The molecule has 0 spiro atoms. The van der Waals surface area contributed by atoms with Crippen LogP contribution in [0.2, 0.25) is 0 Å². The number of hydrogen-bond acceptors (Lipinski definition) is 4. The van der Waals surface area contributed by atoms with Crippen LogP contribution in [0.4, 0.5) is 0 Å². The average molecular weight is 225 g/mol. The van der Waals surface area contributed by atoms with Crippen LogP contribution in [0.5, 0.6) is 0 Å². The first-order valence-electron chi connectivity index (χ1n) is 5.42. The SMILES string of the molecule is CCOC(=O)Cc1nc2c(s1)CCCC2. The van der Waals surface area contributed by atoms with Crippen molar-refractivity contribution in [2.75, 3.05) is 6.61 Å². The summed E-state index contributed by atoms with van der Waals surface area (Å²) < 4.78 is 4.91. The third-order valence-electron chi connectivity index (χ3n) is 2.49. The molecule has 0 radical (unpaired) electrons. The maximum Gasteiger partial charge on any atom is 0.312 e. The minimum Gasteiger partial charge on any atom is -0.466 e. The lowest BCUT2D eigenvalue weighted by atomic mass is 10.0. The fraction of sp³-hybridized carbons (Fsp3) is 0.636. The Labute approximate surface area is 93.5 Å². The molecule has 0 atom stereocenters. The van der Waals surface area contributed by atoms with E-state index in [-0.39, 0.29) is 5.97 Å². The monoisotopic (exact) mass is 225 g/mol. The highest BCUT2D eigenvalue weighted by Crippen LogP contribution is 2.26. The van der Waals surface area contributed by atoms with Gasteiger partial charge in [0.05, 0.1) is 18.7 Å². The topological polar surface area (TPSA) is 39.2 Å². The van der Waals surface area contributed by atoms with E-state index in [9.17, 15) is 4.79 Å². The maximum absolute atomic E-state index is 11.3. The van der Waals surface area contributed by atoms with Crippen LogP contribution in [0.3, 0.4) is 0 Å². The Hall–Kier alpha value is -0.900. The van der Waals surface area contributed by atoms with Gasteiger partial charge < -0.3 is 4.74 Å². The van der Waals surface area contributed by atoms with Crippen LogP contribution in [0.25, 0.3) is 0 Å². The largest absolute Gasteiger partial charge is 0.466 e. The van der Waals surface area contributed by atoms with E-state index in [4.69, 9.17) is 4.74 Å². The van der Waals surface area contributed by atoms with Gasteiger partial charge in [-0.2, -0.15) is 0 Å². The van der Waals surface area contributed by atoms with Crippen LogP contribution >= 0.6 is 11.3 Å². The van der Waals surface area contributed by atoms with E-state index in [1.54, 1.807) is 11.3 Å². The first-order valence-corrected chi connectivity index (χ1v) is 6.24. The minimum atomic E-state index is -0.163. The van der Waals surface area contributed by atoms with Gasteiger partial charge in [0.2, 0.25) is 0 Å². The lowest BCUT2D eigenvalue weighted by molar-refractivity contribution is -0.142. The molecule has 3 nitrogen and oxygen atoms in total. The smallest absolute Gasteiger partial charge is 0.312 e. The molecule has 1 aliphatic rings. The zero-order valence-electron chi connectivity index (χ0n) is 8.91. The van der Waals surface area contributed by atoms with Gasteiger partial charge in [0, 0.05) is 4.88 Å². The molecule has 4 heteroatoms. The Morgan fingerprint density at radius 2 is 2.27 bits per heavy atom. The van der Waals surface area contributed by atoms with Gasteiger partial charge >= 0.3 is 5.97 Å². The number of aryl methyl sites for hydroxylation is 2. The average Bonchev–Trinajstić information content (AvgIpc) is 2.59. The molecular formula is C11H15NO2S. The van der Waals surface area contributed by atoms with Gasteiger partial charge in [-0.25, -0.2) is 4.98 Å². The van der Waals surface area contributed by atoms with Gasteiger partial charge in [0.15, 0.2) is 0 Å². The van der Waals surface area contributed by atoms with Crippen molar-refractivity contribution in [3.63, 3.8) is 0 Å². The van der Waals surface area contributed by atoms with Crippen LogP contribution in [-0.4, -0.2) is 17.6 Å². The summed E-state index contributed by atoms with van der Waals surface area (Å²) in [6, 6.07) is 0. The molecular weight excluding hydrogens is 210 g/mol. The van der Waals surface area contributed by atoms with Gasteiger partial charge in [0.25, 0.3) is 0 Å². The molecule has 0 saturated carbocycles. The molecule has 0 N–H and O–H groups in total. The second-order valence-corrected chi connectivity index (χ2v) is 4.83. The van der Waals surface area contributed by atoms with Gasteiger partial charge in [-0.15, -0.1) is 11.3 Å². The second-order valence-electron chi connectivity index (χ2n) is 3.67. The molecule has 0 bridgehead atoms. The fourth-order valence-corrected chi connectivity index (χ4v) is 2.96. The molecule has 82 valence electrons. The number of carbonyl (C=O) groups is 1. The maximum atomic E-state index is 11.3. The van der Waals surface area contributed by atoms with Crippen molar-refractivity contribution in [3.05, 3.63) is 15.6 Å². The first kappa shape index (κ1) is 10.6. The number of rotatable bonds is 3. The van der Waals surface area contributed by atoms with Gasteiger partial charge in [-0.05, 0) is 32.6 Å². The molecule has 1 heterocycles. The third-order valence-corrected chi connectivity index (χ3v) is 3.65. The van der Waals surface area contributed by atoms with Crippen molar-refractivity contribution < 1.29 is 9.53 Å². The summed E-state index contributed by atoms with van der Waals surface area (Å²) in [5.41, 5.74) is 1.21. The number of aromatic nitrogens is 1. The molecule has 1 aromatic rings. The quantitative estimate of drug-likeness (QED) is 0.740. The summed E-state index contributed by atoms with van der Waals surface area (Å²) in [5, 5.41) is 0.917. The Kier molecular flexibility index (Phi) is 3.36. The number of nitrogens with zero attached hydrogens (tertiary/aromatic N) is 1. The van der Waals surface area contributed by atoms with Crippen LogP contribution in [-0.2, 0) is 28.8 Å². The fourth-order valence-electron chi connectivity index (χ4n) is 1.82. The molecule has 0 fully saturated rings. The normalized spacial score (nSPS) is 14.7. The standard InChI is InChI=1S/C11H15NO2S/c1-2-14-11(13)7-10-12-8-5-3-4-6-9(8)15-10/h2-7H2,1H3. The van der Waals surface area contributed by atoms with E-state index in [2.05, 4.69) is 4.98 Å². The molecule has 0 amide bonds.